The maximum atomic E-state index is 11.9. The number of hydrogen-bond donors (Lipinski definition) is 3. The van der Waals surface area contributed by atoms with E-state index in [9.17, 15) is 15.0 Å². The summed E-state index contributed by atoms with van der Waals surface area (Å²) in [6.07, 6.45) is -1.20. The van der Waals surface area contributed by atoms with E-state index >= 15 is 0 Å². The number of nitrogens with one attached hydrogen (secondary N) is 1. The molecule has 0 bridgehead atoms. The summed E-state index contributed by atoms with van der Waals surface area (Å²) in [5, 5.41) is 22.3. The Morgan fingerprint density at radius 3 is 2.63 bits per heavy atom. The Hall–Kier alpha value is -1.30. The van der Waals surface area contributed by atoms with E-state index in [0.717, 1.165) is 5.56 Å². The minimum Gasteiger partial charge on any atom is -0.390 e. The van der Waals surface area contributed by atoms with E-state index < -0.39 is 12.2 Å². The van der Waals surface area contributed by atoms with Crippen LogP contribution in [0.15, 0.2) is 24.3 Å². The number of aliphatic hydroxyl groups excluding tert-OH is 2. The zero-order chi connectivity index (χ0) is 13.8. The van der Waals surface area contributed by atoms with Crippen molar-refractivity contribution < 1.29 is 15.0 Å². The highest BCUT2D eigenvalue weighted by Crippen LogP contribution is 2.12. The lowest BCUT2D eigenvalue weighted by Crippen LogP contribution is -2.51. The number of carbonyl (C=O) groups is 1. The topological polar surface area (TPSA) is 72.8 Å². The highest BCUT2D eigenvalue weighted by atomic mass is 35.5. The number of carbonyl (C=O) groups excluding carboxylic acids is 1. The molecule has 104 valence electrons. The van der Waals surface area contributed by atoms with E-state index in [0.29, 0.717) is 24.5 Å². The molecule has 19 heavy (non-hydrogen) atoms. The Morgan fingerprint density at radius 1 is 1.32 bits per heavy atom. The highest BCUT2D eigenvalue weighted by Gasteiger charge is 2.28. The zero-order valence-corrected chi connectivity index (χ0v) is 11.2. The van der Waals surface area contributed by atoms with Crippen molar-refractivity contribution in [2.45, 2.75) is 25.2 Å². The lowest BCUT2D eigenvalue weighted by atomic mass is 10.1. The Labute approximate surface area is 116 Å². The van der Waals surface area contributed by atoms with Crippen LogP contribution in [0.4, 0.5) is 4.79 Å². The van der Waals surface area contributed by atoms with Crippen molar-refractivity contribution >= 4 is 17.6 Å². The number of piperidine rings is 1. The first-order valence-corrected chi connectivity index (χ1v) is 6.57. The normalized spacial score (nSPS) is 23.2. The summed E-state index contributed by atoms with van der Waals surface area (Å²) < 4.78 is 0. The van der Waals surface area contributed by atoms with Gasteiger partial charge in [-0.1, -0.05) is 23.7 Å². The molecule has 0 aliphatic carbocycles. The molecule has 2 atom stereocenters. The maximum Gasteiger partial charge on any atom is 0.317 e. The molecule has 1 heterocycles. The number of urea groups is 1. The van der Waals surface area contributed by atoms with Crippen LogP contribution in [0.3, 0.4) is 0 Å². The first kappa shape index (κ1) is 14.1. The summed E-state index contributed by atoms with van der Waals surface area (Å²) in [6.45, 7) is 1.02. The number of likely N-dealkylation sites (tertiary alicyclic amines) is 1. The van der Waals surface area contributed by atoms with E-state index in [2.05, 4.69) is 5.32 Å². The summed E-state index contributed by atoms with van der Waals surface area (Å²) in [5.41, 5.74) is 0.954. The molecule has 1 aromatic rings. The van der Waals surface area contributed by atoms with Gasteiger partial charge in [0, 0.05) is 18.1 Å². The molecule has 2 amide bonds. The number of rotatable bonds is 2. The average molecular weight is 285 g/mol. The van der Waals surface area contributed by atoms with Gasteiger partial charge in [-0.15, -0.1) is 0 Å². The second-order valence-corrected chi connectivity index (χ2v) is 5.09. The third kappa shape index (κ3) is 3.83. The molecule has 1 saturated heterocycles. The monoisotopic (exact) mass is 284 g/mol. The molecule has 1 aromatic carbocycles. The van der Waals surface area contributed by atoms with Crippen LogP contribution >= 0.6 is 11.6 Å². The zero-order valence-electron chi connectivity index (χ0n) is 10.4. The highest BCUT2D eigenvalue weighted by molar-refractivity contribution is 6.30. The number of nitrogens with zero attached hydrogens (tertiary/aromatic N) is 1. The van der Waals surface area contributed by atoms with Gasteiger partial charge in [0.2, 0.25) is 0 Å². The number of halogens is 1. The second-order valence-electron chi connectivity index (χ2n) is 4.65. The van der Waals surface area contributed by atoms with Gasteiger partial charge in [0.1, 0.15) is 0 Å². The van der Waals surface area contributed by atoms with E-state index in [-0.39, 0.29) is 12.6 Å². The largest absolute Gasteiger partial charge is 0.390 e. The second kappa shape index (κ2) is 6.23. The smallest absolute Gasteiger partial charge is 0.317 e. The van der Waals surface area contributed by atoms with Crippen molar-refractivity contribution in [2.75, 3.05) is 13.1 Å². The van der Waals surface area contributed by atoms with Gasteiger partial charge >= 0.3 is 6.03 Å². The Kier molecular flexibility index (Phi) is 4.63. The Balaban J connectivity index is 1.83. The number of aliphatic hydroxyl groups is 2. The fourth-order valence-corrected chi connectivity index (χ4v) is 2.12. The van der Waals surface area contributed by atoms with E-state index in [1.807, 2.05) is 12.1 Å². The van der Waals surface area contributed by atoms with Crippen LogP contribution in [0, 0.1) is 0 Å². The van der Waals surface area contributed by atoms with Gasteiger partial charge in [-0.2, -0.15) is 0 Å². The van der Waals surface area contributed by atoms with Crippen LogP contribution in [0.25, 0.3) is 0 Å². The van der Waals surface area contributed by atoms with Gasteiger partial charge in [-0.25, -0.2) is 4.79 Å². The molecule has 0 unspecified atom stereocenters. The third-order valence-electron chi connectivity index (χ3n) is 3.19. The van der Waals surface area contributed by atoms with E-state index in [1.54, 1.807) is 12.1 Å². The summed E-state index contributed by atoms with van der Waals surface area (Å²) in [7, 11) is 0. The molecule has 0 radical (unpaired) electrons. The van der Waals surface area contributed by atoms with Crippen LogP contribution in [-0.2, 0) is 6.54 Å². The van der Waals surface area contributed by atoms with Crippen LogP contribution in [-0.4, -0.2) is 46.4 Å². The minimum absolute atomic E-state index is 0.160. The number of β-amino-alcohol motifs (C(OH)–C–C–N with tert-alkyl or cyclic N) is 1. The Bertz CT molecular complexity index is 438. The van der Waals surface area contributed by atoms with Crippen LogP contribution in [0.2, 0.25) is 5.02 Å². The van der Waals surface area contributed by atoms with Crippen LogP contribution in [0.1, 0.15) is 12.0 Å². The van der Waals surface area contributed by atoms with Crippen molar-refractivity contribution in [1.29, 1.82) is 0 Å². The van der Waals surface area contributed by atoms with Gasteiger partial charge in [0.05, 0.1) is 18.8 Å². The fraction of sp³-hybridized carbons (Fsp3) is 0.462. The third-order valence-corrected chi connectivity index (χ3v) is 3.44. The number of hydrogen-bond acceptors (Lipinski definition) is 3. The van der Waals surface area contributed by atoms with E-state index in [1.165, 1.54) is 4.90 Å². The van der Waals surface area contributed by atoms with Crippen molar-refractivity contribution in [3.63, 3.8) is 0 Å². The molecule has 1 fully saturated rings. The molecule has 3 N–H and O–H groups in total. The van der Waals surface area contributed by atoms with Gasteiger partial charge in [-0.05, 0) is 24.1 Å². The van der Waals surface area contributed by atoms with Crippen molar-refractivity contribution in [1.82, 2.24) is 10.2 Å². The SMILES string of the molecule is O=C(NCc1ccc(Cl)cc1)N1CC[C@@H](O)[C@H](O)C1. The fourth-order valence-electron chi connectivity index (χ4n) is 2.00. The number of amides is 2. The predicted octanol–water partition coefficient (Wildman–Crippen LogP) is 0.977. The summed E-state index contributed by atoms with van der Waals surface area (Å²) in [6, 6.07) is 6.99. The van der Waals surface area contributed by atoms with E-state index in [4.69, 9.17) is 11.6 Å². The van der Waals surface area contributed by atoms with Crippen LogP contribution < -0.4 is 5.32 Å². The summed E-state index contributed by atoms with van der Waals surface area (Å²) in [4.78, 5) is 13.4. The van der Waals surface area contributed by atoms with Crippen molar-refractivity contribution in [2.24, 2.45) is 0 Å². The molecule has 6 heteroatoms. The summed E-state index contributed by atoms with van der Waals surface area (Å²) >= 11 is 5.78. The maximum absolute atomic E-state index is 11.9. The minimum atomic E-state index is -0.866. The Morgan fingerprint density at radius 2 is 2.00 bits per heavy atom. The summed E-state index contributed by atoms with van der Waals surface area (Å²) in [5.74, 6) is 0. The number of benzene rings is 1. The average Bonchev–Trinajstić information content (AvgIpc) is 2.41. The molecule has 2 rings (SSSR count). The van der Waals surface area contributed by atoms with Gasteiger partial charge in [0.25, 0.3) is 0 Å². The molecular formula is C13H17ClN2O3. The standard InChI is InChI=1S/C13H17ClN2O3/c14-10-3-1-9(2-4-10)7-15-13(19)16-6-5-11(17)12(18)8-16/h1-4,11-12,17-18H,5-8H2,(H,15,19)/t11-,12-/m1/s1. The van der Waals surface area contributed by atoms with Gasteiger partial charge < -0.3 is 20.4 Å². The molecule has 0 saturated carbocycles. The lowest BCUT2D eigenvalue weighted by Gasteiger charge is -2.33. The van der Waals surface area contributed by atoms with Crippen molar-refractivity contribution in [3.05, 3.63) is 34.9 Å². The molecule has 0 spiro atoms. The molecule has 0 aromatic heterocycles. The first-order valence-electron chi connectivity index (χ1n) is 6.19. The van der Waals surface area contributed by atoms with Crippen molar-refractivity contribution in [3.8, 4) is 0 Å². The van der Waals surface area contributed by atoms with Gasteiger partial charge in [-0.3, -0.25) is 0 Å². The van der Waals surface area contributed by atoms with Crippen LogP contribution in [0.5, 0.6) is 0 Å². The lowest BCUT2D eigenvalue weighted by molar-refractivity contribution is -0.0276. The quantitative estimate of drug-likeness (QED) is 0.758. The molecule has 1 aliphatic heterocycles. The molecule has 1 aliphatic rings. The predicted molar refractivity (Wildman–Crippen MR) is 71.9 cm³/mol. The van der Waals surface area contributed by atoms with Gasteiger partial charge in [0.15, 0.2) is 0 Å². The first-order chi connectivity index (χ1) is 9.06. The molecule has 5 nitrogen and oxygen atoms in total. The molecular weight excluding hydrogens is 268 g/mol.